The van der Waals surface area contributed by atoms with Crippen molar-refractivity contribution in [3.8, 4) is 17.6 Å². The maximum absolute atomic E-state index is 11.4. The molecule has 0 aliphatic rings. The Morgan fingerprint density at radius 3 is 2.39 bits per heavy atom. The van der Waals surface area contributed by atoms with Gasteiger partial charge in [0, 0.05) is 19.7 Å². The highest BCUT2D eigenvalue weighted by Crippen LogP contribution is 2.09. The van der Waals surface area contributed by atoms with Gasteiger partial charge >= 0.3 is 0 Å². The molecule has 0 radical (unpaired) electrons. The van der Waals surface area contributed by atoms with Gasteiger partial charge in [-0.3, -0.25) is 0 Å². The molecule has 0 fully saturated rings. The lowest BCUT2D eigenvalue weighted by Crippen LogP contribution is -2.35. The summed E-state index contributed by atoms with van der Waals surface area (Å²) in [7, 11) is 1.11. The van der Waals surface area contributed by atoms with Crippen LogP contribution in [0.4, 0.5) is 0 Å². The molecule has 0 saturated heterocycles. The molecular formula is C12H16N2O3S. The maximum atomic E-state index is 11.4. The topological polar surface area (TPSA) is 58.6 Å². The molecular weight excluding hydrogens is 252 g/mol. The summed E-state index contributed by atoms with van der Waals surface area (Å²) in [4.78, 5) is 0. The number of nitrogens with one attached hydrogen (secondary N) is 1. The van der Waals surface area contributed by atoms with Crippen molar-refractivity contribution in [2.75, 3.05) is 27.7 Å². The number of rotatable bonds is 4. The molecule has 0 amide bonds. The molecule has 0 aliphatic heterocycles. The average Bonchev–Trinajstić information content (AvgIpc) is 2.35. The first-order chi connectivity index (χ1) is 8.45. The van der Waals surface area contributed by atoms with Crippen LogP contribution >= 0.6 is 0 Å². The highest BCUT2D eigenvalue weighted by molar-refractivity contribution is 7.87. The number of benzene rings is 1. The summed E-state index contributed by atoms with van der Waals surface area (Å²) in [6.45, 7) is 0.0759. The minimum absolute atomic E-state index is 0.0759. The molecule has 0 spiro atoms. The van der Waals surface area contributed by atoms with Crippen LogP contribution in [0, 0.1) is 11.8 Å². The van der Waals surface area contributed by atoms with Gasteiger partial charge in [0.15, 0.2) is 0 Å². The van der Waals surface area contributed by atoms with Crippen molar-refractivity contribution in [1.29, 1.82) is 0 Å². The standard InChI is InChI=1S/C12H16N2O3S/c1-14(2)18(15,16)13-10-4-5-11-6-8-12(17-3)9-7-11/h6-9,13H,10H2,1-3H3. The monoisotopic (exact) mass is 268 g/mol. The Morgan fingerprint density at radius 2 is 1.89 bits per heavy atom. The van der Waals surface area contributed by atoms with Crippen molar-refractivity contribution in [2.45, 2.75) is 0 Å². The van der Waals surface area contributed by atoms with Crippen molar-refractivity contribution < 1.29 is 13.2 Å². The minimum Gasteiger partial charge on any atom is -0.497 e. The van der Waals surface area contributed by atoms with Crippen molar-refractivity contribution in [3.63, 3.8) is 0 Å². The average molecular weight is 268 g/mol. The van der Waals surface area contributed by atoms with Gasteiger partial charge in [-0.05, 0) is 24.3 Å². The van der Waals surface area contributed by atoms with E-state index in [1.165, 1.54) is 14.1 Å². The van der Waals surface area contributed by atoms with Crippen LogP contribution in [0.25, 0.3) is 0 Å². The summed E-state index contributed by atoms with van der Waals surface area (Å²) in [5, 5.41) is 0. The summed E-state index contributed by atoms with van der Waals surface area (Å²) in [5.41, 5.74) is 0.805. The van der Waals surface area contributed by atoms with Gasteiger partial charge in [-0.15, -0.1) is 0 Å². The summed E-state index contributed by atoms with van der Waals surface area (Å²) in [5.74, 6) is 6.36. The first-order valence-corrected chi connectivity index (χ1v) is 6.70. The largest absolute Gasteiger partial charge is 0.497 e. The fourth-order valence-corrected chi connectivity index (χ4v) is 1.59. The second kappa shape index (κ2) is 6.40. The molecule has 1 N–H and O–H groups in total. The summed E-state index contributed by atoms with van der Waals surface area (Å²) in [6.07, 6.45) is 0. The Bertz CT molecular complexity index is 539. The fraction of sp³-hybridized carbons (Fsp3) is 0.333. The van der Waals surface area contributed by atoms with Crippen molar-refractivity contribution in [3.05, 3.63) is 29.8 Å². The molecule has 0 saturated carbocycles. The normalized spacial score (nSPS) is 10.9. The van der Waals surface area contributed by atoms with Gasteiger partial charge in [-0.25, -0.2) is 0 Å². The molecule has 0 bridgehead atoms. The zero-order chi connectivity index (χ0) is 13.6. The zero-order valence-corrected chi connectivity index (χ0v) is 11.4. The second-order valence-corrected chi connectivity index (χ2v) is 5.61. The van der Waals surface area contributed by atoms with E-state index in [4.69, 9.17) is 4.74 Å². The number of nitrogens with zero attached hydrogens (tertiary/aromatic N) is 1. The van der Waals surface area contributed by atoms with Crippen LogP contribution in [0.5, 0.6) is 5.75 Å². The van der Waals surface area contributed by atoms with E-state index in [0.29, 0.717) is 0 Å². The number of hydrogen-bond acceptors (Lipinski definition) is 3. The van der Waals surface area contributed by atoms with Gasteiger partial charge in [-0.2, -0.15) is 17.4 Å². The van der Waals surface area contributed by atoms with Gasteiger partial charge in [0.05, 0.1) is 13.7 Å². The molecule has 1 rings (SSSR count). The Labute approximate surface area is 108 Å². The van der Waals surface area contributed by atoms with Crippen LogP contribution in [0.3, 0.4) is 0 Å². The molecule has 0 aliphatic carbocycles. The van der Waals surface area contributed by atoms with Crippen molar-refractivity contribution in [1.82, 2.24) is 9.03 Å². The highest BCUT2D eigenvalue weighted by atomic mass is 32.2. The predicted octanol–water partition coefficient (Wildman–Crippen LogP) is 0.443. The summed E-state index contributed by atoms with van der Waals surface area (Å²) < 4.78 is 31.2. The van der Waals surface area contributed by atoms with Crippen LogP contribution < -0.4 is 9.46 Å². The molecule has 0 heterocycles. The van der Waals surface area contributed by atoms with Crippen molar-refractivity contribution in [2.24, 2.45) is 0 Å². The van der Waals surface area contributed by atoms with Crippen LogP contribution in [0.15, 0.2) is 24.3 Å². The lowest BCUT2D eigenvalue weighted by atomic mass is 10.2. The Morgan fingerprint density at radius 1 is 1.28 bits per heavy atom. The third kappa shape index (κ3) is 4.37. The van der Waals surface area contributed by atoms with Gasteiger partial charge < -0.3 is 4.74 Å². The number of hydrogen-bond donors (Lipinski definition) is 1. The smallest absolute Gasteiger partial charge is 0.279 e. The lowest BCUT2D eigenvalue weighted by Gasteiger charge is -2.09. The van der Waals surface area contributed by atoms with E-state index in [2.05, 4.69) is 16.6 Å². The van der Waals surface area contributed by atoms with Crippen LogP contribution in [0.2, 0.25) is 0 Å². The third-order valence-corrected chi connectivity index (χ3v) is 3.62. The van der Waals surface area contributed by atoms with Crippen LogP contribution in [0.1, 0.15) is 5.56 Å². The third-order valence-electron chi connectivity index (χ3n) is 2.15. The lowest BCUT2D eigenvalue weighted by molar-refractivity contribution is 0.415. The molecule has 0 atom stereocenters. The van der Waals surface area contributed by atoms with Gasteiger partial charge in [0.25, 0.3) is 10.2 Å². The first kappa shape index (κ1) is 14.5. The minimum atomic E-state index is -3.40. The summed E-state index contributed by atoms with van der Waals surface area (Å²) in [6, 6.07) is 7.22. The Hall–Kier alpha value is -1.55. The molecule has 5 nitrogen and oxygen atoms in total. The Balaban J connectivity index is 2.56. The molecule has 18 heavy (non-hydrogen) atoms. The first-order valence-electron chi connectivity index (χ1n) is 5.26. The summed E-state index contributed by atoms with van der Waals surface area (Å²) >= 11 is 0. The number of ether oxygens (including phenoxy) is 1. The highest BCUT2D eigenvalue weighted by Gasteiger charge is 2.10. The fourth-order valence-electron chi connectivity index (χ4n) is 1.08. The number of methoxy groups -OCH3 is 1. The Kier molecular flexibility index (Phi) is 5.16. The van der Waals surface area contributed by atoms with E-state index >= 15 is 0 Å². The van der Waals surface area contributed by atoms with Crippen molar-refractivity contribution >= 4 is 10.2 Å². The van der Waals surface area contributed by atoms with Gasteiger partial charge in [0.1, 0.15) is 5.75 Å². The predicted molar refractivity (Wildman–Crippen MR) is 70.5 cm³/mol. The van der Waals surface area contributed by atoms with Crippen LogP contribution in [-0.2, 0) is 10.2 Å². The van der Waals surface area contributed by atoms with Crippen LogP contribution in [-0.4, -0.2) is 40.5 Å². The zero-order valence-electron chi connectivity index (χ0n) is 10.6. The van der Waals surface area contributed by atoms with Gasteiger partial charge in [-0.1, -0.05) is 11.8 Å². The van der Waals surface area contributed by atoms with E-state index in [0.717, 1.165) is 15.6 Å². The molecule has 1 aromatic carbocycles. The van der Waals surface area contributed by atoms with E-state index < -0.39 is 10.2 Å². The molecule has 1 aromatic rings. The quantitative estimate of drug-likeness (QED) is 0.806. The maximum Gasteiger partial charge on any atom is 0.279 e. The second-order valence-electron chi connectivity index (χ2n) is 3.64. The van der Waals surface area contributed by atoms with Gasteiger partial charge in [0.2, 0.25) is 0 Å². The van der Waals surface area contributed by atoms with E-state index in [9.17, 15) is 8.42 Å². The molecule has 0 unspecified atom stereocenters. The van der Waals surface area contributed by atoms with E-state index in [1.54, 1.807) is 19.2 Å². The molecule has 6 heteroatoms. The molecule has 98 valence electrons. The van der Waals surface area contributed by atoms with E-state index in [-0.39, 0.29) is 6.54 Å². The molecule has 0 aromatic heterocycles. The van der Waals surface area contributed by atoms with E-state index in [1.807, 2.05) is 12.1 Å². The SMILES string of the molecule is COc1ccc(C#CCNS(=O)(=O)N(C)C)cc1.